The van der Waals surface area contributed by atoms with Crippen LogP contribution in [0, 0.1) is 0 Å². The molecule has 4 N–H and O–H groups in total. The average Bonchev–Trinajstić information content (AvgIpc) is 2.42. The molecule has 0 saturated heterocycles. The third-order valence-electron chi connectivity index (χ3n) is 2.46. The van der Waals surface area contributed by atoms with Crippen LogP contribution in [0.2, 0.25) is 0 Å². The number of hydrogen-bond donors (Lipinski definition) is 3. The number of amides is 2. The molecule has 0 bridgehead atoms. The number of hydrogen-bond acceptors (Lipinski definition) is 4. The van der Waals surface area contributed by atoms with Crippen molar-refractivity contribution in [3.63, 3.8) is 0 Å². The Balaban J connectivity index is 0.000000609. The van der Waals surface area contributed by atoms with Crippen LogP contribution < -0.4 is 11.1 Å². The molecule has 0 saturated carbocycles. The first-order chi connectivity index (χ1) is 11.3. The van der Waals surface area contributed by atoms with E-state index in [-0.39, 0.29) is 25.1 Å². The molecule has 0 fully saturated rings. The Labute approximate surface area is 144 Å². The molecule has 9 heteroatoms. The maximum absolute atomic E-state index is 12.4. The quantitative estimate of drug-likeness (QED) is 0.762. The highest BCUT2D eigenvalue weighted by Gasteiger charge is 2.30. The Hall–Kier alpha value is -2.29. The van der Waals surface area contributed by atoms with Gasteiger partial charge in [-0.05, 0) is 32.4 Å². The molecule has 1 rings (SSSR count). The van der Waals surface area contributed by atoms with E-state index in [1.807, 2.05) is 0 Å². The Morgan fingerprint density at radius 3 is 2.24 bits per heavy atom. The average molecular weight is 364 g/mol. The molecule has 0 aliphatic carbocycles. The van der Waals surface area contributed by atoms with E-state index in [0.29, 0.717) is 0 Å². The number of benzene rings is 1. The summed E-state index contributed by atoms with van der Waals surface area (Å²) in [5.74, 6) is -0.418. The van der Waals surface area contributed by atoms with E-state index in [9.17, 15) is 22.8 Å². The zero-order chi connectivity index (χ0) is 19.7. The van der Waals surface area contributed by atoms with E-state index < -0.39 is 29.3 Å². The van der Waals surface area contributed by atoms with Gasteiger partial charge < -0.3 is 20.9 Å². The molecule has 0 atom stereocenters. The van der Waals surface area contributed by atoms with Crippen LogP contribution in [0.4, 0.5) is 18.0 Å². The van der Waals surface area contributed by atoms with E-state index in [4.69, 9.17) is 10.8 Å². The minimum Gasteiger partial charge on any atom is -0.444 e. The summed E-state index contributed by atoms with van der Waals surface area (Å²) in [6, 6.07) is 4.61. The summed E-state index contributed by atoms with van der Waals surface area (Å²) in [5.41, 5.74) is 3.78. The molecule has 0 aliphatic rings. The fourth-order valence-corrected chi connectivity index (χ4v) is 1.60. The monoisotopic (exact) mass is 364 g/mol. The van der Waals surface area contributed by atoms with Gasteiger partial charge in [0.2, 0.25) is 5.91 Å². The van der Waals surface area contributed by atoms with Gasteiger partial charge in [0, 0.05) is 6.54 Å². The lowest BCUT2D eigenvalue weighted by atomic mass is 10.1. The number of halogens is 3. The second kappa shape index (κ2) is 9.87. The van der Waals surface area contributed by atoms with E-state index in [1.54, 1.807) is 20.8 Å². The van der Waals surface area contributed by atoms with Crippen molar-refractivity contribution in [2.24, 2.45) is 5.73 Å². The van der Waals surface area contributed by atoms with Gasteiger partial charge in [0.05, 0.1) is 18.6 Å². The third-order valence-corrected chi connectivity index (χ3v) is 2.46. The number of ether oxygens (including phenoxy) is 1. The molecule has 142 valence electrons. The van der Waals surface area contributed by atoms with Crippen LogP contribution in [0.5, 0.6) is 0 Å². The highest BCUT2D eigenvalue weighted by molar-refractivity contribution is 5.78. The summed E-state index contributed by atoms with van der Waals surface area (Å²) in [6.45, 7) is 5.18. The number of carbonyl (C=O) groups excluding carboxylic acids is 2. The summed E-state index contributed by atoms with van der Waals surface area (Å²) < 4.78 is 41.7. The van der Waals surface area contributed by atoms with E-state index >= 15 is 0 Å². The van der Waals surface area contributed by atoms with Crippen molar-refractivity contribution < 1.29 is 32.6 Å². The summed E-state index contributed by atoms with van der Waals surface area (Å²) in [6.07, 6.45) is -5.26. The van der Waals surface area contributed by atoms with Crippen molar-refractivity contribution in [3.8, 4) is 0 Å². The van der Waals surface area contributed by atoms with Gasteiger partial charge in [-0.25, -0.2) is 4.79 Å². The van der Waals surface area contributed by atoms with Gasteiger partial charge in [0.15, 0.2) is 0 Å². The number of aliphatic hydroxyl groups excluding tert-OH is 1. The molecule has 0 unspecified atom stereocenters. The molecule has 0 aromatic heterocycles. The maximum Gasteiger partial charge on any atom is 0.416 e. The SMILES string of the molecule is CC(C)(C)OC(N)=O.O=C(Cc1cccc(C(F)(F)F)c1)NCCO. The molecule has 0 heterocycles. The zero-order valence-electron chi connectivity index (χ0n) is 14.3. The van der Waals surface area contributed by atoms with E-state index in [1.165, 1.54) is 12.1 Å². The first kappa shape index (κ1) is 22.7. The van der Waals surface area contributed by atoms with Gasteiger partial charge >= 0.3 is 12.3 Å². The molecule has 1 aromatic carbocycles. The molecule has 0 radical (unpaired) electrons. The summed E-state index contributed by atoms with van der Waals surface area (Å²) in [7, 11) is 0. The van der Waals surface area contributed by atoms with Crippen LogP contribution in [0.1, 0.15) is 31.9 Å². The fourth-order valence-electron chi connectivity index (χ4n) is 1.60. The predicted molar refractivity (Wildman–Crippen MR) is 85.7 cm³/mol. The van der Waals surface area contributed by atoms with Crippen molar-refractivity contribution in [1.82, 2.24) is 5.32 Å². The molecular weight excluding hydrogens is 341 g/mol. The lowest BCUT2D eigenvalue weighted by molar-refractivity contribution is -0.137. The Morgan fingerprint density at radius 1 is 1.24 bits per heavy atom. The van der Waals surface area contributed by atoms with Gasteiger partial charge in [-0.3, -0.25) is 4.79 Å². The van der Waals surface area contributed by atoms with E-state index in [0.717, 1.165) is 12.1 Å². The number of aliphatic hydroxyl groups is 1. The Kier molecular flexibility index (Phi) is 8.97. The van der Waals surface area contributed by atoms with Gasteiger partial charge in [0.25, 0.3) is 0 Å². The van der Waals surface area contributed by atoms with E-state index in [2.05, 4.69) is 10.1 Å². The van der Waals surface area contributed by atoms with Crippen LogP contribution in [-0.2, 0) is 22.1 Å². The van der Waals surface area contributed by atoms with Crippen LogP contribution in [0.15, 0.2) is 24.3 Å². The van der Waals surface area contributed by atoms with Crippen LogP contribution in [0.3, 0.4) is 0 Å². The van der Waals surface area contributed by atoms with Crippen molar-refractivity contribution in [1.29, 1.82) is 0 Å². The highest BCUT2D eigenvalue weighted by Crippen LogP contribution is 2.29. The smallest absolute Gasteiger partial charge is 0.416 e. The third kappa shape index (κ3) is 11.8. The maximum atomic E-state index is 12.4. The molecule has 0 spiro atoms. The van der Waals surface area contributed by atoms with Gasteiger partial charge in [-0.15, -0.1) is 0 Å². The summed E-state index contributed by atoms with van der Waals surface area (Å²) in [5, 5.41) is 10.8. The van der Waals surface area contributed by atoms with Gasteiger partial charge in [0.1, 0.15) is 5.60 Å². The van der Waals surface area contributed by atoms with Crippen molar-refractivity contribution in [3.05, 3.63) is 35.4 Å². The molecule has 0 aliphatic heterocycles. The predicted octanol–water partition coefficient (Wildman–Crippen LogP) is 2.24. The second-order valence-electron chi connectivity index (χ2n) is 5.98. The summed E-state index contributed by atoms with van der Waals surface area (Å²) >= 11 is 0. The molecular formula is C16H23F3N2O4. The van der Waals surface area contributed by atoms with Crippen molar-refractivity contribution in [2.45, 2.75) is 39.0 Å². The first-order valence-corrected chi connectivity index (χ1v) is 7.37. The van der Waals surface area contributed by atoms with Crippen LogP contribution in [0.25, 0.3) is 0 Å². The number of nitrogens with one attached hydrogen (secondary N) is 1. The molecule has 6 nitrogen and oxygen atoms in total. The van der Waals surface area contributed by atoms with Crippen LogP contribution >= 0.6 is 0 Å². The number of alkyl halides is 3. The topological polar surface area (TPSA) is 102 Å². The lowest BCUT2D eigenvalue weighted by Crippen LogP contribution is -2.27. The number of rotatable bonds is 4. The Morgan fingerprint density at radius 2 is 1.84 bits per heavy atom. The largest absolute Gasteiger partial charge is 0.444 e. The number of primary amides is 1. The molecule has 1 aromatic rings. The molecule has 25 heavy (non-hydrogen) atoms. The lowest BCUT2D eigenvalue weighted by Gasteiger charge is -2.16. The standard InChI is InChI=1S/C11H12F3NO2.C5H11NO2/c12-11(13,14)9-3-1-2-8(6-9)7-10(17)15-4-5-16;1-5(2,3)8-4(6)7/h1-3,6,16H,4-5,7H2,(H,15,17);1-3H3,(H2,6,7). The minimum atomic E-state index is -4.41. The number of nitrogens with two attached hydrogens (primary N) is 1. The van der Waals surface area contributed by atoms with Crippen molar-refractivity contribution >= 4 is 12.0 Å². The van der Waals surface area contributed by atoms with Gasteiger partial charge in [-0.1, -0.05) is 18.2 Å². The molecule has 2 amide bonds. The minimum absolute atomic E-state index is 0.0950. The van der Waals surface area contributed by atoms with Gasteiger partial charge in [-0.2, -0.15) is 13.2 Å². The highest BCUT2D eigenvalue weighted by atomic mass is 19.4. The summed E-state index contributed by atoms with van der Waals surface area (Å²) in [4.78, 5) is 21.2. The fraction of sp³-hybridized carbons (Fsp3) is 0.500. The second-order valence-corrected chi connectivity index (χ2v) is 5.98. The zero-order valence-corrected chi connectivity index (χ0v) is 14.3. The normalized spacial score (nSPS) is 11.2. The Bertz CT molecular complexity index is 569. The first-order valence-electron chi connectivity index (χ1n) is 7.37. The van der Waals surface area contributed by atoms with Crippen molar-refractivity contribution in [2.75, 3.05) is 13.2 Å². The van der Waals surface area contributed by atoms with Crippen LogP contribution in [-0.4, -0.2) is 35.9 Å². The number of carbonyl (C=O) groups is 2.